The molecule has 1 aromatic carbocycles. The lowest BCUT2D eigenvalue weighted by molar-refractivity contribution is 0.627. The SMILES string of the molecule is Cc1nnc(N(C)Cc2ccc(F)cc2)c(C(N)=S)c1C. The fraction of sp³-hybridized carbons (Fsp3) is 0.267. The maximum absolute atomic E-state index is 12.9. The number of rotatable bonds is 4. The average molecular weight is 304 g/mol. The highest BCUT2D eigenvalue weighted by molar-refractivity contribution is 7.80. The van der Waals surface area contributed by atoms with Gasteiger partial charge in [0.1, 0.15) is 10.8 Å². The fourth-order valence-corrected chi connectivity index (χ4v) is 2.34. The molecule has 1 aromatic heterocycles. The highest BCUT2D eigenvalue weighted by Gasteiger charge is 2.17. The lowest BCUT2D eigenvalue weighted by atomic mass is 10.1. The van der Waals surface area contributed by atoms with Crippen LogP contribution in [0, 0.1) is 19.7 Å². The second kappa shape index (κ2) is 6.13. The molecule has 0 aliphatic carbocycles. The van der Waals surface area contributed by atoms with E-state index in [0.717, 1.165) is 22.4 Å². The molecule has 0 spiro atoms. The fourth-order valence-electron chi connectivity index (χ4n) is 2.10. The van der Waals surface area contributed by atoms with Crippen LogP contribution in [-0.2, 0) is 6.54 Å². The summed E-state index contributed by atoms with van der Waals surface area (Å²) in [5, 5.41) is 8.34. The molecular formula is C15H17FN4S. The molecule has 0 aliphatic rings. The molecule has 2 aromatic rings. The Morgan fingerprint density at radius 3 is 2.43 bits per heavy atom. The highest BCUT2D eigenvalue weighted by atomic mass is 32.1. The summed E-state index contributed by atoms with van der Waals surface area (Å²) in [5.41, 5.74) is 9.26. The van der Waals surface area contributed by atoms with Gasteiger partial charge in [-0.15, -0.1) is 5.10 Å². The zero-order valence-corrected chi connectivity index (χ0v) is 13.0. The zero-order chi connectivity index (χ0) is 15.6. The van der Waals surface area contributed by atoms with Gasteiger partial charge in [-0.2, -0.15) is 5.10 Å². The van der Waals surface area contributed by atoms with Gasteiger partial charge in [0.05, 0.1) is 11.3 Å². The van der Waals surface area contributed by atoms with E-state index in [0.29, 0.717) is 17.4 Å². The predicted octanol–water partition coefficient (Wildman–Crippen LogP) is 2.50. The number of aryl methyl sites for hydroxylation is 1. The first-order chi connectivity index (χ1) is 9.90. The number of benzene rings is 1. The molecule has 6 heteroatoms. The van der Waals surface area contributed by atoms with Crippen LogP contribution in [0.5, 0.6) is 0 Å². The number of thiocarbonyl (C=S) groups is 1. The molecule has 0 aliphatic heterocycles. The molecule has 110 valence electrons. The first-order valence-electron chi connectivity index (χ1n) is 6.49. The van der Waals surface area contributed by atoms with Gasteiger partial charge in [0.2, 0.25) is 0 Å². The molecule has 2 rings (SSSR count). The molecule has 0 unspecified atom stereocenters. The summed E-state index contributed by atoms with van der Waals surface area (Å²) < 4.78 is 12.9. The topological polar surface area (TPSA) is 55.0 Å². The Kier molecular flexibility index (Phi) is 4.47. The summed E-state index contributed by atoms with van der Waals surface area (Å²) in [6.07, 6.45) is 0. The van der Waals surface area contributed by atoms with Gasteiger partial charge in [-0.25, -0.2) is 4.39 Å². The third-order valence-corrected chi connectivity index (χ3v) is 3.58. The van der Waals surface area contributed by atoms with Crippen molar-refractivity contribution < 1.29 is 4.39 Å². The molecule has 2 N–H and O–H groups in total. The van der Waals surface area contributed by atoms with Crippen LogP contribution in [0.4, 0.5) is 10.2 Å². The molecule has 0 saturated heterocycles. The van der Waals surface area contributed by atoms with E-state index in [2.05, 4.69) is 10.2 Å². The number of hydrogen-bond acceptors (Lipinski definition) is 4. The van der Waals surface area contributed by atoms with Crippen molar-refractivity contribution in [2.75, 3.05) is 11.9 Å². The van der Waals surface area contributed by atoms with E-state index >= 15 is 0 Å². The summed E-state index contributed by atoms with van der Waals surface area (Å²) >= 11 is 5.13. The first-order valence-corrected chi connectivity index (χ1v) is 6.90. The molecule has 0 amide bonds. The van der Waals surface area contributed by atoms with Crippen molar-refractivity contribution in [1.29, 1.82) is 0 Å². The number of nitrogens with zero attached hydrogens (tertiary/aromatic N) is 3. The number of nitrogens with two attached hydrogens (primary N) is 1. The van der Waals surface area contributed by atoms with Crippen LogP contribution in [-0.4, -0.2) is 22.2 Å². The Morgan fingerprint density at radius 1 is 1.24 bits per heavy atom. The second-order valence-corrected chi connectivity index (χ2v) is 5.40. The monoisotopic (exact) mass is 304 g/mol. The standard InChI is InChI=1S/C15H17FN4S/c1-9-10(2)18-19-15(13(9)14(17)21)20(3)8-11-4-6-12(16)7-5-11/h4-7H,8H2,1-3H3,(H2,17,21). The lowest BCUT2D eigenvalue weighted by Crippen LogP contribution is -2.25. The van der Waals surface area contributed by atoms with Crippen molar-refractivity contribution in [3.8, 4) is 0 Å². The quantitative estimate of drug-likeness (QED) is 0.880. The zero-order valence-electron chi connectivity index (χ0n) is 12.2. The van der Waals surface area contributed by atoms with Crippen molar-refractivity contribution >= 4 is 23.0 Å². The Balaban J connectivity index is 2.35. The minimum atomic E-state index is -0.254. The van der Waals surface area contributed by atoms with E-state index in [9.17, 15) is 4.39 Å². The predicted molar refractivity (Wildman–Crippen MR) is 85.9 cm³/mol. The summed E-state index contributed by atoms with van der Waals surface area (Å²) in [4.78, 5) is 2.20. The van der Waals surface area contributed by atoms with Gasteiger partial charge in [0.25, 0.3) is 0 Å². The van der Waals surface area contributed by atoms with E-state index in [1.54, 1.807) is 12.1 Å². The van der Waals surface area contributed by atoms with E-state index in [-0.39, 0.29) is 5.82 Å². The second-order valence-electron chi connectivity index (χ2n) is 4.96. The number of anilines is 1. The van der Waals surface area contributed by atoms with Crippen LogP contribution in [0.2, 0.25) is 0 Å². The van der Waals surface area contributed by atoms with Crippen molar-refractivity contribution in [3.63, 3.8) is 0 Å². The minimum Gasteiger partial charge on any atom is -0.389 e. The minimum absolute atomic E-state index is 0.254. The van der Waals surface area contributed by atoms with Gasteiger partial charge in [-0.05, 0) is 37.1 Å². The van der Waals surface area contributed by atoms with Crippen LogP contribution in [0.1, 0.15) is 22.4 Å². The lowest BCUT2D eigenvalue weighted by Gasteiger charge is -2.22. The maximum atomic E-state index is 12.9. The summed E-state index contributed by atoms with van der Waals surface area (Å²) in [6.45, 7) is 4.36. The third kappa shape index (κ3) is 3.33. The number of hydrogen-bond donors (Lipinski definition) is 1. The van der Waals surface area contributed by atoms with Gasteiger partial charge in [-0.3, -0.25) is 0 Å². The van der Waals surface area contributed by atoms with Crippen molar-refractivity contribution in [1.82, 2.24) is 10.2 Å². The summed E-state index contributed by atoms with van der Waals surface area (Å²) in [7, 11) is 1.88. The van der Waals surface area contributed by atoms with Gasteiger partial charge >= 0.3 is 0 Å². The Bertz CT molecular complexity index is 670. The molecule has 21 heavy (non-hydrogen) atoms. The Morgan fingerprint density at radius 2 is 1.86 bits per heavy atom. The van der Waals surface area contributed by atoms with E-state index in [1.165, 1.54) is 12.1 Å². The van der Waals surface area contributed by atoms with Gasteiger partial charge < -0.3 is 10.6 Å². The summed E-state index contributed by atoms with van der Waals surface area (Å²) in [5.74, 6) is 0.381. The van der Waals surface area contributed by atoms with Crippen molar-refractivity contribution in [3.05, 3.63) is 52.5 Å². The maximum Gasteiger partial charge on any atom is 0.161 e. The van der Waals surface area contributed by atoms with E-state index < -0.39 is 0 Å². The van der Waals surface area contributed by atoms with Gasteiger partial charge in [0.15, 0.2) is 5.82 Å². The van der Waals surface area contributed by atoms with Crippen LogP contribution in [0.25, 0.3) is 0 Å². The molecule has 0 bridgehead atoms. The molecule has 0 fully saturated rings. The molecular weight excluding hydrogens is 287 g/mol. The first kappa shape index (κ1) is 15.3. The Hall–Kier alpha value is -2.08. The molecule has 4 nitrogen and oxygen atoms in total. The molecule has 1 heterocycles. The molecule has 0 atom stereocenters. The van der Waals surface area contributed by atoms with E-state index in [4.69, 9.17) is 18.0 Å². The third-order valence-electron chi connectivity index (χ3n) is 3.38. The van der Waals surface area contributed by atoms with E-state index in [1.807, 2.05) is 25.8 Å². The highest BCUT2D eigenvalue weighted by Crippen LogP contribution is 2.22. The van der Waals surface area contributed by atoms with Crippen LogP contribution < -0.4 is 10.6 Å². The number of halogens is 1. The molecule has 0 radical (unpaired) electrons. The van der Waals surface area contributed by atoms with Gasteiger partial charge in [0, 0.05) is 13.6 Å². The van der Waals surface area contributed by atoms with Crippen LogP contribution in [0.15, 0.2) is 24.3 Å². The summed E-state index contributed by atoms with van der Waals surface area (Å²) in [6, 6.07) is 6.34. The normalized spacial score (nSPS) is 10.5. The van der Waals surface area contributed by atoms with Crippen LogP contribution >= 0.6 is 12.2 Å². The van der Waals surface area contributed by atoms with Crippen LogP contribution in [0.3, 0.4) is 0 Å². The smallest absolute Gasteiger partial charge is 0.161 e. The largest absolute Gasteiger partial charge is 0.389 e. The average Bonchev–Trinajstić information content (AvgIpc) is 2.43. The van der Waals surface area contributed by atoms with Gasteiger partial charge in [-0.1, -0.05) is 24.4 Å². The molecule has 0 saturated carbocycles. The number of aromatic nitrogens is 2. The van der Waals surface area contributed by atoms with Crippen molar-refractivity contribution in [2.45, 2.75) is 20.4 Å². The Labute approximate surface area is 128 Å². The van der Waals surface area contributed by atoms with Crippen molar-refractivity contribution in [2.24, 2.45) is 5.73 Å².